The molecule has 0 saturated heterocycles. The number of furan rings is 1. The molecular formula is C20H22N2O3. The SMILES string of the molecule is CCCCNC(=O)/C(=C/c1ccccc1)NC(=O)/C=C/c1ccco1. The minimum absolute atomic E-state index is 0.205. The minimum atomic E-state index is -0.399. The van der Waals surface area contributed by atoms with Crippen LogP contribution in [0.1, 0.15) is 31.1 Å². The van der Waals surface area contributed by atoms with Crippen LogP contribution in [-0.2, 0) is 9.59 Å². The Bertz CT molecular complexity index is 732. The molecule has 0 aliphatic rings. The highest BCUT2D eigenvalue weighted by Gasteiger charge is 2.11. The number of unbranched alkanes of at least 4 members (excludes halogenated alkanes) is 1. The van der Waals surface area contributed by atoms with Crippen LogP contribution < -0.4 is 10.6 Å². The Morgan fingerprint density at radius 2 is 1.92 bits per heavy atom. The zero-order chi connectivity index (χ0) is 17.9. The number of hydrogen-bond acceptors (Lipinski definition) is 3. The maximum Gasteiger partial charge on any atom is 0.267 e. The van der Waals surface area contributed by atoms with Crippen LogP contribution in [0.25, 0.3) is 12.2 Å². The first-order valence-corrected chi connectivity index (χ1v) is 8.26. The van der Waals surface area contributed by atoms with Crippen molar-refractivity contribution in [1.29, 1.82) is 0 Å². The predicted octanol–water partition coefficient (Wildman–Crippen LogP) is 3.37. The fraction of sp³-hybridized carbons (Fsp3) is 0.200. The second-order valence-corrected chi connectivity index (χ2v) is 5.42. The van der Waals surface area contributed by atoms with Crippen LogP contribution in [0.4, 0.5) is 0 Å². The van der Waals surface area contributed by atoms with Gasteiger partial charge in [-0.05, 0) is 36.3 Å². The molecule has 0 aliphatic carbocycles. The van der Waals surface area contributed by atoms with E-state index in [4.69, 9.17) is 4.42 Å². The molecule has 2 rings (SSSR count). The average Bonchev–Trinajstić information content (AvgIpc) is 3.14. The van der Waals surface area contributed by atoms with Crippen LogP contribution in [0.5, 0.6) is 0 Å². The number of nitrogens with one attached hydrogen (secondary N) is 2. The second-order valence-electron chi connectivity index (χ2n) is 5.42. The van der Waals surface area contributed by atoms with E-state index in [0.717, 1.165) is 18.4 Å². The molecule has 0 aliphatic heterocycles. The summed E-state index contributed by atoms with van der Waals surface area (Å²) in [5, 5.41) is 5.45. The molecule has 2 aromatic rings. The van der Waals surface area contributed by atoms with Crippen molar-refractivity contribution in [3.8, 4) is 0 Å². The van der Waals surface area contributed by atoms with Crippen molar-refractivity contribution in [3.05, 3.63) is 71.8 Å². The number of rotatable bonds is 8. The van der Waals surface area contributed by atoms with Gasteiger partial charge in [0.25, 0.3) is 5.91 Å². The summed E-state index contributed by atoms with van der Waals surface area (Å²) in [4.78, 5) is 24.5. The van der Waals surface area contributed by atoms with Crippen molar-refractivity contribution in [1.82, 2.24) is 10.6 Å². The van der Waals surface area contributed by atoms with Gasteiger partial charge in [-0.1, -0.05) is 43.7 Å². The average molecular weight is 338 g/mol. The van der Waals surface area contributed by atoms with Gasteiger partial charge in [0.2, 0.25) is 5.91 Å². The van der Waals surface area contributed by atoms with E-state index >= 15 is 0 Å². The lowest BCUT2D eigenvalue weighted by atomic mass is 10.2. The quantitative estimate of drug-likeness (QED) is 0.573. The van der Waals surface area contributed by atoms with Crippen molar-refractivity contribution in [3.63, 3.8) is 0 Å². The standard InChI is InChI=1S/C20H22N2O3/c1-2-3-13-21-20(24)18(15-16-8-5-4-6-9-16)22-19(23)12-11-17-10-7-14-25-17/h4-12,14-15H,2-3,13H2,1H3,(H,21,24)(H,22,23)/b12-11+,18-15-. The lowest BCUT2D eigenvalue weighted by molar-refractivity contribution is -0.121. The first kappa shape index (κ1) is 18.3. The zero-order valence-electron chi connectivity index (χ0n) is 14.2. The highest BCUT2D eigenvalue weighted by atomic mass is 16.3. The Hall–Kier alpha value is -3.08. The maximum atomic E-state index is 12.4. The molecule has 0 fully saturated rings. The van der Waals surface area contributed by atoms with Crippen LogP contribution in [0.2, 0.25) is 0 Å². The molecule has 25 heavy (non-hydrogen) atoms. The van der Waals surface area contributed by atoms with Crippen molar-refractivity contribution in [2.24, 2.45) is 0 Å². The Balaban J connectivity index is 2.09. The monoisotopic (exact) mass is 338 g/mol. The summed E-state index contributed by atoms with van der Waals surface area (Å²) in [6, 6.07) is 12.8. The van der Waals surface area contributed by atoms with Crippen LogP contribution in [0.15, 0.2) is 64.9 Å². The molecular weight excluding hydrogens is 316 g/mol. The zero-order valence-corrected chi connectivity index (χ0v) is 14.2. The molecule has 0 unspecified atom stereocenters. The molecule has 0 bridgehead atoms. The molecule has 1 aromatic heterocycles. The number of carbonyl (C=O) groups excluding carboxylic acids is 2. The summed E-state index contributed by atoms with van der Waals surface area (Å²) in [6.07, 6.45) is 7.92. The third-order valence-electron chi connectivity index (χ3n) is 3.37. The number of carbonyl (C=O) groups is 2. The van der Waals surface area contributed by atoms with Gasteiger partial charge in [-0.15, -0.1) is 0 Å². The van der Waals surface area contributed by atoms with Gasteiger partial charge in [-0.2, -0.15) is 0 Å². The minimum Gasteiger partial charge on any atom is -0.465 e. The van der Waals surface area contributed by atoms with Gasteiger partial charge in [0.1, 0.15) is 11.5 Å². The normalized spacial score (nSPS) is 11.5. The van der Waals surface area contributed by atoms with Gasteiger partial charge in [-0.3, -0.25) is 9.59 Å². The van der Waals surface area contributed by atoms with E-state index in [1.807, 2.05) is 37.3 Å². The molecule has 1 aromatic carbocycles. The smallest absolute Gasteiger partial charge is 0.267 e. The summed E-state index contributed by atoms with van der Waals surface area (Å²) in [5.74, 6) is -0.141. The molecule has 130 valence electrons. The van der Waals surface area contributed by atoms with E-state index < -0.39 is 5.91 Å². The molecule has 0 saturated carbocycles. The van der Waals surface area contributed by atoms with Gasteiger partial charge in [0.15, 0.2) is 0 Å². The molecule has 5 heteroatoms. The fourth-order valence-corrected chi connectivity index (χ4v) is 2.07. The first-order chi connectivity index (χ1) is 12.2. The van der Waals surface area contributed by atoms with E-state index in [9.17, 15) is 9.59 Å². The van der Waals surface area contributed by atoms with Gasteiger partial charge in [0, 0.05) is 12.6 Å². The van der Waals surface area contributed by atoms with Crippen molar-refractivity contribution >= 4 is 24.0 Å². The molecule has 5 nitrogen and oxygen atoms in total. The van der Waals surface area contributed by atoms with E-state index in [-0.39, 0.29) is 11.6 Å². The van der Waals surface area contributed by atoms with Crippen molar-refractivity contribution in [2.45, 2.75) is 19.8 Å². The Labute approximate surface area is 147 Å². The Kier molecular flexibility index (Phi) is 7.25. The predicted molar refractivity (Wildman–Crippen MR) is 98.2 cm³/mol. The highest BCUT2D eigenvalue weighted by Crippen LogP contribution is 2.06. The third kappa shape index (κ3) is 6.51. The summed E-state index contributed by atoms with van der Waals surface area (Å²) < 4.78 is 5.14. The highest BCUT2D eigenvalue weighted by molar-refractivity contribution is 6.04. The first-order valence-electron chi connectivity index (χ1n) is 8.26. The topological polar surface area (TPSA) is 71.3 Å². The van der Waals surface area contributed by atoms with Crippen LogP contribution >= 0.6 is 0 Å². The molecule has 0 spiro atoms. The van der Waals surface area contributed by atoms with Crippen LogP contribution in [-0.4, -0.2) is 18.4 Å². The van der Waals surface area contributed by atoms with E-state index in [1.54, 1.807) is 24.3 Å². The van der Waals surface area contributed by atoms with Crippen LogP contribution in [0.3, 0.4) is 0 Å². The maximum absolute atomic E-state index is 12.4. The lowest BCUT2D eigenvalue weighted by Gasteiger charge is -2.09. The molecule has 2 amide bonds. The van der Waals surface area contributed by atoms with Gasteiger partial charge >= 0.3 is 0 Å². The third-order valence-corrected chi connectivity index (χ3v) is 3.37. The second kappa shape index (κ2) is 9.93. The fourth-order valence-electron chi connectivity index (χ4n) is 2.07. The summed E-state index contributed by atoms with van der Waals surface area (Å²) in [6.45, 7) is 2.62. The Morgan fingerprint density at radius 3 is 2.60 bits per heavy atom. The van der Waals surface area contributed by atoms with E-state index in [0.29, 0.717) is 12.3 Å². The van der Waals surface area contributed by atoms with Crippen molar-refractivity contribution in [2.75, 3.05) is 6.54 Å². The summed E-state index contributed by atoms with van der Waals surface area (Å²) >= 11 is 0. The Morgan fingerprint density at radius 1 is 1.12 bits per heavy atom. The summed E-state index contributed by atoms with van der Waals surface area (Å²) in [5.41, 5.74) is 1.04. The largest absolute Gasteiger partial charge is 0.465 e. The van der Waals surface area contributed by atoms with Gasteiger partial charge < -0.3 is 15.1 Å². The molecule has 2 N–H and O–H groups in total. The van der Waals surface area contributed by atoms with E-state index in [1.165, 1.54) is 12.3 Å². The molecule has 1 heterocycles. The number of benzene rings is 1. The summed E-state index contributed by atoms with van der Waals surface area (Å²) in [7, 11) is 0. The van der Waals surface area contributed by atoms with Gasteiger partial charge in [0.05, 0.1) is 6.26 Å². The van der Waals surface area contributed by atoms with E-state index in [2.05, 4.69) is 10.6 Å². The molecule has 0 radical (unpaired) electrons. The van der Waals surface area contributed by atoms with Gasteiger partial charge in [-0.25, -0.2) is 0 Å². The number of amides is 2. The lowest BCUT2D eigenvalue weighted by Crippen LogP contribution is -2.34. The molecule has 0 atom stereocenters. The van der Waals surface area contributed by atoms with Crippen LogP contribution in [0, 0.1) is 0 Å². The number of hydrogen-bond donors (Lipinski definition) is 2. The van der Waals surface area contributed by atoms with Crippen molar-refractivity contribution < 1.29 is 14.0 Å².